The summed E-state index contributed by atoms with van der Waals surface area (Å²) in [6.45, 7) is 2.88. The SMILES string of the molecule is COc1ccc(NC(=O)[C@@H](CCCCN)NC(=O)c2cc(NCC(=O)[C@@H](CCCCN)NC(=O)c3cc(NC(=O)[C@@H](CCCCN)NC(=O)c4cc(NC(=O)[C@H](N)CCCCN)ccc4OC)cc(C)c3OC)ccc2OC)cc1C(N)=O. The van der Waals surface area contributed by atoms with E-state index in [2.05, 4.69) is 37.2 Å². The van der Waals surface area contributed by atoms with Crippen LogP contribution in [0.4, 0.5) is 22.7 Å². The molecule has 4 atom stereocenters. The van der Waals surface area contributed by atoms with Crippen LogP contribution in [-0.4, -0.2) is 132 Å². The van der Waals surface area contributed by atoms with Crippen LogP contribution in [-0.2, 0) is 19.2 Å². The van der Waals surface area contributed by atoms with Crippen LogP contribution in [0.5, 0.6) is 23.0 Å². The summed E-state index contributed by atoms with van der Waals surface area (Å²) >= 11 is 0. The van der Waals surface area contributed by atoms with Crippen LogP contribution in [0.15, 0.2) is 66.7 Å². The van der Waals surface area contributed by atoms with Crippen molar-refractivity contribution in [2.75, 3.05) is 82.4 Å². The molecule has 0 aromatic heterocycles. The number of nitrogens with one attached hydrogen (secondary N) is 7. The van der Waals surface area contributed by atoms with Crippen molar-refractivity contribution in [3.05, 3.63) is 94.5 Å². The number of carbonyl (C=O) groups is 8. The van der Waals surface area contributed by atoms with E-state index in [1.165, 1.54) is 77.0 Å². The molecule has 4 aromatic rings. The number of ketones is 1. The van der Waals surface area contributed by atoms with Gasteiger partial charge in [0.15, 0.2) is 5.78 Å². The van der Waals surface area contributed by atoms with Crippen molar-refractivity contribution in [2.45, 2.75) is 108 Å². The van der Waals surface area contributed by atoms with E-state index in [1.54, 1.807) is 25.1 Å². The summed E-state index contributed by atoms with van der Waals surface area (Å²) in [6.07, 6.45) is 5.52. The van der Waals surface area contributed by atoms with Crippen LogP contribution in [0.2, 0.25) is 0 Å². The zero-order chi connectivity index (χ0) is 61.0. The van der Waals surface area contributed by atoms with Crippen molar-refractivity contribution in [2.24, 2.45) is 34.4 Å². The van der Waals surface area contributed by atoms with E-state index in [9.17, 15) is 38.4 Å². The highest BCUT2D eigenvalue weighted by molar-refractivity contribution is 6.07. The summed E-state index contributed by atoms with van der Waals surface area (Å²) in [4.78, 5) is 109. The zero-order valence-electron chi connectivity index (χ0n) is 48.0. The first-order valence-corrected chi connectivity index (χ1v) is 27.6. The predicted molar refractivity (Wildman–Crippen MR) is 318 cm³/mol. The Morgan fingerprint density at radius 1 is 0.446 bits per heavy atom. The summed E-state index contributed by atoms with van der Waals surface area (Å²) in [5, 5.41) is 19.8. The molecule has 0 saturated heterocycles. The van der Waals surface area contributed by atoms with Gasteiger partial charge in [-0.3, -0.25) is 38.4 Å². The maximum absolute atomic E-state index is 14.3. The van der Waals surface area contributed by atoms with Crippen LogP contribution < -0.4 is 90.6 Å². The minimum Gasteiger partial charge on any atom is -0.496 e. The number of ether oxygens (including phenoxy) is 4. The van der Waals surface area contributed by atoms with E-state index in [0.29, 0.717) is 95.2 Å². The first-order valence-electron chi connectivity index (χ1n) is 27.6. The number of benzene rings is 4. The largest absolute Gasteiger partial charge is 0.496 e. The normalized spacial score (nSPS) is 12.3. The Balaban J connectivity index is 1.54. The number of primary amides is 1. The first kappa shape index (κ1) is 67.1. The second kappa shape index (κ2) is 34.8. The monoisotopic (exact) mass is 1150 g/mol. The molecule has 4 rings (SSSR count). The summed E-state index contributed by atoms with van der Waals surface area (Å²) in [7, 11) is 5.51. The lowest BCUT2D eigenvalue weighted by molar-refractivity contribution is -0.119. The highest BCUT2D eigenvalue weighted by Crippen LogP contribution is 2.30. The number of Topliss-reactive ketones (excluding diaryl/α,β-unsaturated/α-hetero) is 1. The van der Waals surface area contributed by atoms with Crippen LogP contribution in [0, 0.1) is 6.92 Å². The highest BCUT2D eigenvalue weighted by Gasteiger charge is 2.29. The van der Waals surface area contributed by atoms with Crippen LogP contribution in [0.3, 0.4) is 0 Å². The second-order valence-corrected chi connectivity index (χ2v) is 19.6. The number of carbonyl (C=O) groups excluding carboxylic acids is 8. The topological polar surface area (TPSA) is 414 Å². The third-order valence-corrected chi connectivity index (χ3v) is 13.4. The van der Waals surface area contributed by atoms with Crippen molar-refractivity contribution in [3.8, 4) is 23.0 Å². The molecule has 4 aromatic carbocycles. The molecule has 0 fully saturated rings. The fourth-order valence-electron chi connectivity index (χ4n) is 8.91. The molecule has 25 heteroatoms. The van der Waals surface area contributed by atoms with Gasteiger partial charge in [-0.1, -0.05) is 6.42 Å². The fourth-order valence-corrected chi connectivity index (χ4v) is 8.91. The average Bonchev–Trinajstić information content (AvgIpc) is 3.66. The van der Waals surface area contributed by atoms with Gasteiger partial charge in [0, 0.05) is 22.7 Å². The van der Waals surface area contributed by atoms with Gasteiger partial charge in [0.1, 0.15) is 35.1 Å². The molecule has 0 unspecified atom stereocenters. The van der Waals surface area contributed by atoms with Gasteiger partial charge in [-0.05, 0) is 176 Å². The maximum atomic E-state index is 14.3. The van der Waals surface area contributed by atoms with Gasteiger partial charge in [-0.25, -0.2) is 0 Å². The Bertz CT molecular complexity index is 2870. The average molecular weight is 1150 g/mol. The standard InChI is InChI=1S/C58H83N13O12/c1-34-28-38(68-58(79)46(17-9-13-27-62)71-54(75)41-31-37(20-23-50(41)82-4)66-56(77)43(63)14-6-10-24-59)32-42(51(34)83-5)55(76)69-44(15-7-11-25-60)47(72)33-65-35-18-21-49(81-3)40(29-35)53(74)70-45(16-8-12-26-61)57(78)67-36-19-22-48(80-2)39(30-36)52(64)73/h18-23,28-32,43-46,65H,6-17,24-27,33,59-63H2,1-5H3,(H2,64,73)(H,66,77)(H,67,78)(H,68,79)(H,69,76)(H,70,74)(H,71,75)/t43-,44-,45-,46-/m1/s1. The Kier molecular flexibility index (Phi) is 28.2. The van der Waals surface area contributed by atoms with Crippen molar-refractivity contribution in [1.29, 1.82) is 0 Å². The lowest BCUT2D eigenvalue weighted by atomic mass is 10.0. The molecule has 83 heavy (non-hydrogen) atoms. The van der Waals surface area contributed by atoms with Crippen molar-refractivity contribution >= 4 is 69.9 Å². The molecule has 7 amide bonds. The van der Waals surface area contributed by atoms with Crippen molar-refractivity contribution in [1.82, 2.24) is 16.0 Å². The van der Waals surface area contributed by atoms with E-state index >= 15 is 0 Å². The van der Waals surface area contributed by atoms with Gasteiger partial charge >= 0.3 is 0 Å². The minimum atomic E-state index is -1.11. The van der Waals surface area contributed by atoms with Gasteiger partial charge < -0.3 is 90.6 Å². The zero-order valence-corrected chi connectivity index (χ0v) is 48.0. The number of anilines is 4. The Hall–Kier alpha value is -8.36. The Morgan fingerprint density at radius 3 is 1.30 bits per heavy atom. The van der Waals surface area contributed by atoms with Gasteiger partial charge in [0.2, 0.25) is 17.7 Å². The quantitative estimate of drug-likeness (QED) is 0.0288. The lowest BCUT2D eigenvalue weighted by Crippen LogP contribution is -2.44. The molecular formula is C58H83N13O12. The van der Waals surface area contributed by atoms with Crippen LogP contribution >= 0.6 is 0 Å². The number of unbranched alkanes of at least 4 members (excludes halogenated alkanes) is 4. The molecule has 0 bridgehead atoms. The molecular weight excluding hydrogens is 1070 g/mol. The van der Waals surface area contributed by atoms with E-state index in [0.717, 1.165) is 0 Å². The first-order chi connectivity index (χ1) is 39.9. The predicted octanol–water partition coefficient (Wildman–Crippen LogP) is 3.16. The molecule has 25 nitrogen and oxygen atoms in total. The van der Waals surface area contributed by atoms with Crippen LogP contribution in [0.25, 0.3) is 0 Å². The number of amides is 7. The van der Waals surface area contributed by atoms with Gasteiger partial charge in [0.25, 0.3) is 23.6 Å². The van der Waals surface area contributed by atoms with E-state index in [-0.39, 0.29) is 88.1 Å². The van der Waals surface area contributed by atoms with Crippen molar-refractivity contribution in [3.63, 3.8) is 0 Å². The van der Waals surface area contributed by atoms with E-state index in [1.807, 2.05) is 0 Å². The smallest absolute Gasteiger partial charge is 0.255 e. The minimum absolute atomic E-state index is 0.000897. The summed E-state index contributed by atoms with van der Waals surface area (Å²) in [5.41, 5.74) is 36.2. The lowest BCUT2D eigenvalue weighted by Gasteiger charge is -2.22. The highest BCUT2D eigenvalue weighted by atomic mass is 16.5. The van der Waals surface area contributed by atoms with Crippen LogP contribution in [0.1, 0.15) is 124 Å². The van der Waals surface area contributed by atoms with Gasteiger partial charge in [-0.2, -0.15) is 0 Å². The molecule has 0 saturated carbocycles. The molecule has 452 valence electrons. The van der Waals surface area contributed by atoms with Gasteiger partial charge in [-0.15, -0.1) is 0 Å². The number of aryl methyl sites for hydroxylation is 1. The number of hydrogen-bond acceptors (Lipinski definition) is 18. The number of nitrogens with two attached hydrogens (primary N) is 6. The van der Waals surface area contributed by atoms with E-state index in [4.69, 9.17) is 53.3 Å². The maximum Gasteiger partial charge on any atom is 0.255 e. The molecule has 19 N–H and O–H groups in total. The summed E-state index contributed by atoms with van der Waals surface area (Å²) < 4.78 is 21.9. The van der Waals surface area contributed by atoms with Crippen molar-refractivity contribution < 1.29 is 57.3 Å². The molecule has 0 aliphatic rings. The molecule has 0 aliphatic carbocycles. The fraction of sp³-hybridized carbons (Fsp3) is 0.448. The third kappa shape index (κ3) is 20.5. The molecule has 0 radical (unpaired) electrons. The summed E-state index contributed by atoms with van der Waals surface area (Å²) in [6, 6.07) is 12.4. The number of hydrogen-bond donors (Lipinski definition) is 13. The van der Waals surface area contributed by atoms with E-state index < -0.39 is 71.3 Å². The summed E-state index contributed by atoms with van der Waals surface area (Å²) in [5.74, 6) is -4.10. The molecule has 0 aliphatic heterocycles. The molecule has 0 heterocycles. The van der Waals surface area contributed by atoms with Gasteiger partial charge in [0.05, 0.1) is 69.3 Å². The Labute approximate surface area is 484 Å². The number of methoxy groups -OCH3 is 4. The Morgan fingerprint density at radius 2 is 0.831 bits per heavy atom. The third-order valence-electron chi connectivity index (χ3n) is 13.4. The molecule has 0 spiro atoms. The second-order valence-electron chi connectivity index (χ2n) is 19.6. The number of rotatable bonds is 37.